The minimum atomic E-state index is -3.67. The van der Waals surface area contributed by atoms with Crippen LogP contribution in [0.4, 0.5) is 8.78 Å². The lowest BCUT2D eigenvalue weighted by atomic mass is 9.94. The largest absolute Gasteiger partial charge is 0.495 e. The molecule has 0 aliphatic carbocycles. The van der Waals surface area contributed by atoms with Gasteiger partial charge >= 0.3 is 0 Å². The summed E-state index contributed by atoms with van der Waals surface area (Å²) >= 11 is 6.16. The van der Waals surface area contributed by atoms with Gasteiger partial charge in [0, 0.05) is 0 Å². The number of rotatable bonds is 3. The highest BCUT2D eigenvalue weighted by molar-refractivity contribution is 7.86. The molecule has 28 heavy (non-hydrogen) atoms. The summed E-state index contributed by atoms with van der Waals surface area (Å²) in [7, 11) is -2.14. The molecule has 0 unspecified atom stereocenters. The van der Waals surface area contributed by atoms with E-state index in [0.717, 1.165) is 5.56 Å². The lowest BCUT2D eigenvalue weighted by molar-refractivity contribution is 0.415. The van der Waals surface area contributed by atoms with Gasteiger partial charge in [0.2, 0.25) is 0 Å². The molecule has 9 heteroatoms. The van der Waals surface area contributed by atoms with E-state index < -0.39 is 21.8 Å². The predicted octanol–water partition coefficient (Wildman–Crippen LogP) is 4.11. The van der Waals surface area contributed by atoms with Gasteiger partial charge in [-0.25, -0.2) is 19.1 Å². The monoisotopic (exact) mass is 426 g/mol. The van der Waals surface area contributed by atoms with E-state index >= 15 is 0 Å². The van der Waals surface area contributed by atoms with Crippen molar-refractivity contribution in [3.05, 3.63) is 77.3 Å². The third-order valence-corrected chi connectivity index (χ3v) is 3.90. The molecule has 0 saturated carbocycles. The molecule has 0 spiro atoms. The molecule has 4 N–H and O–H groups in total. The van der Waals surface area contributed by atoms with Crippen LogP contribution in [0.25, 0.3) is 22.3 Å². The minimum Gasteiger partial charge on any atom is -0.495 e. The second-order valence-electron chi connectivity index (χ2n) is 5.62. The van der Waals surface area contributed by atoms with Crippen molar-refractivity contribution in [2.45, 2.75) is 0 Å². The Morgan fingerprint density at radius 3 is 1.82 bits per heavy atom. The van der Waals surface area contributed by atoms with Crippen LogP contribution < -0.4 is 15.0 Å². The van der Waals surface area contributed by atoms with Gasteiger partial charge in [0.1, 0.15) is 5.75 Å². The maximum atomic E-state index is 13.8. The predicted molar refractivity (Wildman–Crippen MR) is 106 cm³/mol. The van der Waals surface area contributed by atoms with E-state index in [4.69, 9.17) is 16.3 Å². The van der Waals surface area contributed by atoms with Gasteiger partial charge in [0.25, 0.3) is 10.2 Å². The Morgan fingerprint density at radius 2 is 1.36 bits per heavy atom. The van der Waals surface area contributed by atoms with E-state index in [2.05, 4.69) is 10.3 Å². The van der Waals surface area contributed by atoms with Crippen LogP contribution in [0.15, 0.2) is 60.7 Å². The van der Waals surface area contributed by atoms with Crippen LogP contribution in [0, 0.1) is 11.6 Å². The third-order valence-electron chi connectivity index (χ3n) is 3.61. The van der Waals surface area contributed by atoms with Gasteiger partial charge in [-0.05, 0) is 46.5 Å². The summed E-state index contributed by atoms with van der Waals surface area (Å²) in [5, 5.41) is 8.62. The standard InChI is InChI=1S/C19H13ClF2O.H4N2O2S/c1-23-19-8-7-13(9-16(19)20)15-11-18(22)17(21)10-14(15)12-5-3-2-4-6-12;1-5(2,3)4/h2-11H,1H3;(H4,1,2,3,4). The van der Waals surface area contributed by atoms with Crippen molar-refractivity contribution >= 4 is 21.8 Å². The van der Waals surface area contributed by atoms with Crippen molar-refractivity contribution in [1.29, 1.82) is 0 Å². The van der Waals surface area contributed by atoms with E-state index in [1.807, 2.05) is 30.3 Å². The second kappa shape index (κ2) is 9.11. The lowest BCUT2D eigenvalue weighted by Gasteiger charge is -2.12. The number of nitrogens with two attached hydrogens (primary N) is 2. The summed E-state index contributed by atoms with van der Waals surface area (Å²) in [6.45, 7) is 0. The Balaban J connectivity index is 0.000000500. The molecule has 0 aliphatic heterocycles. The van der Waals surface area contributed by atoms with Crippen LogP contribution in [0.2, 0.25) is 5.02 Å². The molecule has 0 saturated heterocycles. The zero-order valence-corrected chi connectivity index (χ0v) is 16.3. The van der Waals surface area contributed by atoms with Crippen molar-refractivity contribution in [3.8, 4) is 28.0 Å². The summed E-state index contributed by atoms with van der Waals surface area (Å²) in [6.07, 6.45) is 0. The highest BCUT2D eigenvalue weighted by Gasteiger charge is 2.14. The number of ether oxygens (including phenoxy) is 1. The third kappa shape index (κ3) is 6.00. The number of hydrogen-bond acceptors (Lipinski definition) is 3. The van der Waals surface area contributed by atoms with Crippen LogP contribution in [0.5, 0.6) is 5.75 Å². The average Bonchev–Trinajstić information content (AvgIpc) is 2.63. The Morgan fingerprint density at radius 1 is 0.857 bits per heavy atom. The molecule has 5 nitrogen and oxygen atoms in total. The Labute approximate surface area is 166 Å². The van der Waals surface area contributed by atoms with Crippen LogP contribution in [-0.4, -0.2) is 15.5 Å². The van der Waals surface area contributed by atoms with Gasteiger partial charge in [-0.1, -0.05) is 48.0 Å². The van der Waals surface area contributed by atoms with Crippen molar-refractivity contribution in [1.82, 2.24) is 0 Å². The molecule has 3 aromatic rings. The molecule has 3 aromatic carbocycles. The molecule has 0 radical (unpaired) electrons. The summed E-state index contributed by atoms with van der Waals surface area (Å²) in [4.78, 5) is 0. The first-order valence-electron chi connectivity index (χ1n) is 7.79. The fraction of sp³-hybridized carbons (Fsp3) is 0.0526. The van der Waals surface area contributed by atoms with Gasteiger partial charge in [-0.3, -0.25) is 0 Å². The summed E-state index contributed by atoms with van der Waals surface area (Å²) < 4.78 is 51.0. The second-order valence-corrected chi connectivity index (χ2v) is 7.20. The zero-order valence-electron chi connectivity index (χ0n) is 14.7. The van der Waals surface area contributed by atoms with Crippen LogP contribution >= 0.6 is 11.6 Å². The normalized spacial score (nSPS) is 10.8. The summed E-state index contributed by atoms with van der Waals surface area (Å²) in [5.41, 5.74) is 2.66. The number of methoxy groups -OCH3 is 1. The molecule has 0 amide bonds. The van der Waals surface area contributed by atoms with Gasteiger partial charge < -0.3 is 4.74 Å². The topological polar surface area (TPSA) is 95.4 Å². The SMILES string of the molecule is COc1ccc(-c2cc(F)c(F)cc2-c2ccccc2)cc1Cl.NS(N)(=O)=O. The van der Waals surface area contributed by atoms with E-state index in [1.54, 1.807) is 18.2 Å². The number of hydrogen-bond donors (Lipinski definition) is 2. The van der Waals surface area contributed by atoms with Crippen LogP contribution in [0.1, 0.15) is 0 Å². The summed E-state index contributed by atoms with van der Waals surface area (Å²) in [6, 6.07) is 16.8. The number of benzene rings is 3. The number of halogens is 3. The highest BCUT2D eigenvalue weighted by Crippen LogP contribution is 2.37. The molecular formula is C19H17ClF2N2O3S. The van der Waals surface area contributed by atoms with Gasteiger partial charge in [0.05, 0.1) is 12.1 Å². The van der Waals surface area contributed by atoms with Gasteiger partial charge in [0.15, 0.2) is 11.6 Å². The fourth-order valence-electron chi connectivity index (χ4n) is 2.48. The van der Waals surface area contributed by atoms with E-state index in [9.17, 15) is 17.2 Å². The molecule has 0 aliphatic rings. The van der Waals surface area contributed by atoms with Gasteiger partial charge in [-0.2, -0.15) is 8.42 Å². The fourth-order valence-corrected chi connectivity index (χ4v) is 2.73. The average molecular weight is 427 g/mol. The van der Waals surface area contributed by atoms with E-state index in [1.165, 1.54) is 19.2 Å². The van der Waals surface area contributed by atoms with E-state index in [-0.39, 0.29) is 0 Å². The first kappa shape index (κ1) is 21.8. The first-order valence-corrected chi connectivity index (χ1v) is 9.77. The maximum Gasteiger partial charge on any atom is 0.271 e. The lowest BCUT2D eigenvalue weighted by Crippen LogP contribution is -2.21. The minimum absolute atomic E-state index is 0.411. The highest BCUT2D eigenvalue weighted by atomic mass is 35.5. The molecular weight excluding hydrogens is 410 g/mol. The smallest absolute Gasteiger partial charge is 0.271 e. The van der Waals surface area contributed by atoms with Crippen molar-refractivity contribution in [2.24, 2.45) is 10.3 Å². The molecule has 0 heterocycles. The Bertz CT molecular complexity index is 1070. The molecule has 0 bridgehead atoms. The van der Waals surface area contributed by atoms with E-state index in [0.29, 0.717) is 27.5 Å². The van der Waals surface area contributed by atoms with Crippen molar-refractivity contribution < 1.29 is 21.9 Å². The molecule has 0 aromatic heterocycles. The van der Waals surface area contributed by atoms with Crippen molar-refractivity contribution in [3.63, 3.8) is 0 Å². The molecule has 3 rings (SSSR count). The first-order chi connectivity index (χ1) is 13.1. The van der Waals surface area contributed by atoms with Gasteiger partial charge in [-0.15, -0.1) is 0 Å². The van der Waals surface area contributed by atoms with Crippen LogP contribution in [-0.2, 0) is 10.2 Å². The molecule has 0 fully saturated rings. The maximum absolute atomic E-state index is 13.8. The Hall–Kier alpha value is -2.52. The molecule has 0 atom stereocenters. The van der Waals surface area contributed by atoms with Crippen LogP contribution in [0.3, 0.4) is 0 Å². The quantitative estimate of drug-likeness (QED) is 0.659. The van der Waals surface area contributed by atoms with Crippen molar-refractivity contribution in [2.75, 3.05) is 7.11 Å². The zero-order chi connectivity index (χ0) is 20.9. The molecule has 148 valence electrons. The Kier molecular flexibility index (Phi) is 7.09. The summed E-state index contributed by atoms with van der Waals surface area (Å²) in [5.74, 6) is -1.25.